The molecular formula is C60H44N2. The monoisotopic (exact) mass is 792 g/mol. The summed E-state index contributed by atoms with van der Waals surface area (Å²) >= 11 is 0. The Morgan fingerprint density at radius 1 is 0.387 bits per heavy atom. The van der Waals surface area contributed by atoms with E-state index in [0.717, 1.165) is 33.9 Å². The van der Waals surface area contributed by atoms with Crippen LogP contribution in [-0.4, -0.2) is 4.57 Å². The minimum atomic E-state index is 1.10. The smallest absolute Gasteiger partial charge is 0.0541 e. The summed E-state index contributed by atoms with van der Waals surface area (Å²) in [6.07, 6.45) is 4.32. The van der Waals surface area contributed by atoms with Crippen LogP contribution in [0.1, 0.15) is 18.1 Å². The van der Waals surface area contributed by atoms with Crippen LogP contribution in [-0.2, 0) is 0 Å². The fourth-order valence-electron chi connectivity index (χ4n) is 9.69. The van der Waals surface area contributed by atoms with E-state index in [1.807, 2.05) is 0 Å². The number of aromatic nitrogens is 1. The number of nitrogens with zero attached hydrogens (tertiary/aromatic N) is 2. The molecule has 2 nitrogen and oxygen atoms in total. The van der Waals surface area contributed by atoms with Crippen molar-refractivity contribution in [2.45, 2.75) is 13.8 Å². The van der Waals surface area contributed by atoms with Crippen LogP contribution < -0.4 is 4.90 Å². The zero-order valence-corrected chi connectivity index (χ0v) is 34.8. The van der Waals surface area contributed by atoms with Gasteiger partial charge in [-0.15, -0.1) is 0 Å². The molecule has 62 heavy (non-hydrogen) atoms. The van der Waals surface area contributed by atoms with E-state index in [0.29, 0.717) is 0 Å². The van der Waals surface area contributed by atoms with Crippen molar-refractivity contribution in [3.63, 3.8) is 0 Å². The van der Waals surface area contributed by atoms with E-state index >= 15 is 0 Å². The molecule has 0 N–H and O–H groups in total. The Morgan fingerprint density at radius 3 is 1.68 bits per heavy atom. The van der Waals surface area contributed by atoms with E-state index in [1.54, 1.807) is 0 Å². The summed E-state index contributed by atoms with van der Waals surface area (Å²) in [6, 6.07) is 79.9. The number of hydrogen-bond acceptors (Lipinski definition) is 1. The number of allylic oxidation sites excluding steroid dienone is 1. The Hall–Kier alpha value is -7.94. The second kappa shape index (κ2) is 15.6. The molecule has 294 valence electrons. The molecule has 0 spiro atoms. The number of anilines is 3. The Balaban J connectivity index is 1.17. The van der Waals surface area contributed by atoms with E-state index in [1.165, 1.54) is 76.7 Å². The SMILES string of the molecule is C/C=C\c1cccc(-c2ccc(N(c3ccccc3-c3cccc(-n4c5ccccc5c5ccccc54)c3)c3ccccc3-c3cccc4ccccc34)c3ccccc23)c1C. The molecule has 0 aliphatic carbocycles. The molecule has 0 fully saturated rings. The molecule has 0 bridgehead atoms. The van der Waals surface area contributed by atoms with Gasteiger partial charge in [0.25, 0.3) is 0 Å². The van der Waals surface area contributed by atoms with Crippen molar-refractivity contribution in [3.8, 4) is 39.1 Å². The minimum absolute atomic E-state index is 1.10. The summed E-state index contributed by atoms with van der Waals surface area (Å²) in [5.41, 5.74) is 16.5. The molecule has 11 aromatic rings. The predicted octanol–water partition coefficient (Wildman–Crippen LogP) is 16.9. The maximum atomic E-state index is 2.51. The topological polar surface area (TPSA) is 8.17 Å². The molecule has 10 aromatic carbocycles. The first-order valence-corrected chi connectivity index (χ1v) is 21.5. The Kier molecular flexibility index (Phi) is 9.32. The van der Waals surface area contributed by atoms with E-state index < -0.39 is 0 Å². The lowest BCUT2D eigenvalue weighted by atomic mass is 9.91. The molecule has 0 unspecified atom stereocenters. The summed E-state index contributed by atoms with van der Waals surface area (Å²) in [5.74, 6) is 0. The molecule has 0 radical (unpaired) electrons. The zero-order chi connectivity index (χ0) is 41.6. The van der Waals surface area contributed by atoms with Gasteiger partial charge >= 0.3 is 0 Å². The number of rotatable bonds is 8. The highest BCUT2D eigenvalue weighted by atomic mass is 15.1. The molecule has 1 heterocycles. The summed E-state index contributed by atoms with van der Waals surface area (Å²) in [6.45, 7) is 4.32. The average Bonchev–Trinajstić information content (AvgIpc) is 3.67. The maximum absolute atomic E-state index is 2.51. The minimum Gasteiger partial charge on any atom is -0.309 e. The highest BCUT2D eigenvalue weighted by Gasteiger charge is 2.24. The van der Waals surface area contributed by atoms with Crippen LogP contribution >= 0.6 is 0 Å². The zero-order valence-electron chi connectivity index (χ0n) is 34.8. The molecule has 11 rings (SSSR count). The van der Waals surface area contributed by atoms with Crippen molar-refractivity contribution >= 4 is 66.5 Å². The lowest BCUT2D eigenvalue weighted by Crippen LogP contribution is -2.13. The molecule has 0 amide bonds. The van der Waals surface area contributed by atoms with Gasteiger partial charge in [0.1, 0.15) is 0 Å². The van der Waals surface area contributed by atoms with Crippen LogP contribution in [0.5, 0.6) is 0 Å². The van der Waals surface area contributed by atoms with Gasteiger partial charge < -0.3 is 9.47 Å². The average molecular weight is 793 g/mol. The maximum Gasteiger partial charge on any atom is 0.0541 e. The third-order valence-corrected chi connectivity index (χ3v) is 12.5. The molecule has 1 aromatic heterocycles. The number of hydrogen-bond donors (Lipinski definition) is 0. The van der Waals surface area contributed by atoms with Gasteiger partial charge in [0.2, 0.25) is 0 Å². The van der Waals surface area contributed by atoms with Crippen LogP contribution in [0.15, 0.2) is 224 Å². The van der Waals surface area contributed by atoms with Gasteiger partial charge in [0, 0.05) is 33.0 Å². The van der Waals surface area contributed by atoms with Gasteiger partial charge in [0.15, 0.2) is 0 Å². The fourth-order valence-corrected chi connectivity index (χ4v) is 9.69. The molecule has 0 saturated heterocycles. The van der Waals surface area contributed by atoms with Gasteiger partial charge in [-0.25, -0.2) is 0 Å². The van der Waals surface area contributed by atoms with Gasteiger partial charge in [-0.2, -0.15) is 0 Å². The Labute approximate surface area is 362 Å². The molecule has 0 atom stereocenters. The summed E-state index contributed by atoms with van der Waals surface area (Å²) < 4.78 is 2.41. The molecule has 0 saturated carbocycles. The molecule has 0 aliphatic heterocycles. The highest BCUT2D eigenvalue weighted by molar-refractivity contribution is 6.11. The van der Waals surface area contributed by atoms with Crippen molar-refractivity contribution in [1.82, 2.24) is 4.57 Å². The van der Waals surface area contributed by atoms with Crippen molar-refractivity contribution in [1.29, 1.82) is 0 Å². The van der Waals surface area contributed by atoms with Crippen LogP contribution in [0.4, 0.5) is 17.1 Å². The third kappa shape index (κ3) is 6.19. The first kappa shape index (κ1) is 37.1. The Morgan fingerprint density at radius 2 is 0.919 bits per heavy atom. The summed E-state index contributed by atoms with van der Waals surface area (Å²) in [4.78, 5) is 2.51. The lowest BCUT2D eigenvalue weighted by molar-refractivity contribution is 1.18. The van der Waals surface area contributed by atoms with Crippen molar-refractivity contribution in [3.05, 3.63) is 236 Å². The van der Waals surface area contributed by atoms with E-state index in [-0.39, 0.29) is 0 Å². The first-order chi connectivity index (χ1) is 30.7. The van der Waals surface area contributed by atoms with E-state index in [4.69, 9.17) is 0 Å². The van der Waals surface area contributed by atoms with Crippen LogP contribution in [0.2, 0.25) is 0 Å². The van der Waals surface area contributed by atoms with Gasteiger partial charge in [-0.05, 0) is 106 Å². The van der Waals surface area contributed by atoms with E-state index in [2.05, 4.69) is 254 Å². The largest absolute Gasteiger partial charge is 0.309 e. The summed E-state index contributed by atoms with van der Waals surface area (Å²) in [7, 11) is 0. The number of para-hydroxylation sites is 4. The number of benzene rings is 10. The van der Waals surface area contributed by atoms with Gasteiger partial charge in [-0.3, -0.25) is 0 Å². The van der Waals surface area contributed by atoms with Crippen LogP contribution in [0.25, 0.3) is 88.5 Å². The quantitative estimate of drug-likeness (QED) is 0.149. The summed E-state index contributed by atoms with van der Waals surface area (Å²) in [5, 5.41) is 7.35. The van der Waals surface area contributed by atoms with Gasteiger partial charge in [0.05, 0.1) is 28.1 Å². The van der Waals surface area contributed by atoms with Crippen molar-refractivity contribution in [2.24, 2.45) is 0 Å². The highest BCUT2D eigenvalue weighted by Crippen LogP contribution is 2.49. The number of fused-ring (bicyclic) bond motifs is 5. The molecular weight excluding hydrogens is 749 g/mol. The molecule has 0 aliphatic rings. The normalized spacial score (nSPS) is 11.6. The van der Waals surface area contributed by atoms with Crippen molar-refractivity contribution < 1.29 is 0 Å². The fraction of sp³-hybridized carbons (Fsp3) is 0.0333. The second-order valence-corrected chi connectivity index (χ2v) is 16.0. The first-order valence-electron chi connectivity index (χ1n) is 21.5. The predicted molar refractivity (Wildman–Crippen MR) is 266 cm³/mol. The van der Waals surface area contributed by atoms with Gasteiger partial charge in [-0.1, -0.05) is 188 Å². The van der Waals surface area contributed by atoms with E-state index in [9.17, 15) is 0 Å². The lowest BCUT2D eigenvalue weighted by Gasteiger charge is -2.31. The second-order valence-electron chi connectivity index (χ2n) is 16.0. The Bertz CT molecular complexity index is 3450. The molecule has 2 heteroatoms. The standard InChI is InChI=1S/C60H44N2/c1-3-19-42-21-17-32-46(41(42)2)51-38-39-60(53-28-7-6-27-50(51)53)62(59-37-15-9-29-52(59)49-33-18-22-43-20-4-5-25-47(43)49)56-34-12-8-26-48(56)44-23-16-24-45(40-44)61-57-35-13-10-30-54(57)55-31-11-14-36-58(55)61/h3-40H,1-2H3/b19-3-. The van der Waals surface area contributed by atoms with Crippen LogP contribution in [0, 0.1) is 6.92 Å². The van der Waals surface area contributed by atoms with Crippen LogP contribution in [0.3, 0.4) is 0 Å². The third-order valence-electron chi connectivity index (χ3n) is 12.5. The van der Waals surface area contributed by atoms with Crippen molar-refractivity contribution in [2.75, 3.05) is 4.90 Å².